The summed E-state index contributed by atoms with van der Waals surface area (Å²) in [6.45, 7) is 5.24. The molecule has 0 spiro atoms. The first kappa shape index (κ1) is 20.9. The minimum absolute atomic E-state index is 0.213. The second kappa shape index (κ2) is 8.62. The van der Waals surface area contributed by atoms with Gasteiger partial charge in [0, 0.05) is 69.0 Å². The predicted molar refractivity (Wildman–Crippen MR) is 126 cm³/mol. The van der Waals surface area contributed by atoms with Gasteiger partial charge < -0.3 is 15.4 Å². The van der Waals surface area contributed by atoms with Crippen molar-refractivity contribution in [2.24, 2.45) is 0 Å². The summed E-state index contributed by atoms with van der Waals surface area (Å²) < 4.78 is 21.0. The monoisotopic (exact) mass is 460 g/mol. The first-order chi connectivity index (χ1) is 16.6. The molecule has 4 aromatic rings. The lowest BCUT2D eigenvalue weighted by Gasteiger charge is -2.28. The third kappa shape index (κ3) is 3.95. The fraction of sp³-hybridized carbons (Fsp3) is 0.333. The zero-order valence-corrected chi connectivity index (χ0v) is 18.7. The van der Waals surface area contributed by atoms with E-state index in [1.54, 1.807) is 12.4 Å². The van der Waals surface area contributed by atoms with Crippen molar-refractivity contribution in [3.05, 3.63) is 65.6 Å². The maximum Gasteiger partial charge on any atom is 0.219 e. The third-order valence-electron chi connectivity index (χ3n) is 6.41. The summed E-state index contributed by atoms with van der Waals surface area (Å²) in [6, 6.07) is 6.71. The van der Waals surface area contributed by atoms with Crippen LogP contribution in [-0.4, -0.2) is 62.1 Å². The maximum atomic E-state index is 13.3. The van der Waals surface area contributed by atoms with E-state index >= 15 is 0 Å². The summed E-state index contributed by atoms with van der Waals surface area (Å²) in [5, 5.41) is 0. The molecule has 0 aliphatic carbocycles. The Balaban J connectivity index is 1.39. The molecule has 1 fully saturated rings. The number of anilines is 2. The lowest BCUT2D eigenvalue weighted by atomic mass is 10.1. The average molecular weight is 461 g/mol. The van der Waals surface area contributed by atoms with Crippen molar-refractivity contribution in [3.8, 4) is 11.3 Å². The van der Waals surface area contributed by atoms with Gasteiger partial charge in [0.1, 0.15) is 5.82 Å². The highest BCUT2D eigenvalue weighted by Gasteiger charge is 2.26. The lowest BCUT2D eigenvalue weighted by molar-refractivity contribution is 0.122. The SMILES string of the molecule is Nc1ncc(-c2cn3c4c(nc3c(N3CCOCC3)n2)CN(Cc2ccc(F)cc2)CC4)cn1. The van der Waals surface area contributed by atoms with Crippen molar-refractivity contribution in [1.82, 2.24) is 29.2 Å². The highest BCUT2D eigenvalue weighted by molar-refractivity contribution is 5.71. The summed E-state index contributed by atoms with van der Waals surface area (Å²) in [5.74, 6) is 0.868. The largest absolute Gasteiger partial charge is 0.378 e. The highest BCUT2D eigenvalue weighted by Crippen LogP contribution is 2.30. The lowest BCUT2D eigenvalue weighted by Crippen LogP contribution is -2.37. The van der Waals surface area contributed by atoms with Crippen molar-refractivity contribution in [2.45, 2.75) is 19.5 Å². The second-order valence-corrected chi connectivity index (χ2v) is 8.67. The fourth-order valence-corrected chi connectivity index (χ4v) is 4.65. The number of morpholine rings is 1. The van der Waals surface area contributed by atoms with Crippen molar-refractivity contribution in [1.29, 1.82) is 0 Å². The average Bonchev–Trinajstić information content (AvgIpc) is 3.23. The minimum Gasteiger partial charge on any atom is -0.378 e. The van der Waals surface area contributed by atoms with Gasteiger partial charge in [-0.1, -0.05) is 12.1 Å². The van der Waals surface area contributed by atoms with Crippen LogP contribution in [0.25, 0.3) is 16.9 Å². The van der Waals surface area contributed by atoms with E-state index in [0.717, 1.165) is 73.1 Å². The van der Waals surface area contributed by atoms with E-state index in [1.165, 1.54) is 17.8 Å². The number of fused-ring (bicyclic) bond motifs is 3. The standard InChI is InChI=1S/C24H25FN8O/c25-18-3-1-16(2-4-18)13-31-6-5-21-20(14-31)30-23-22(32-7-9-34-10-8-32)29-19(15-33(21)23)17-11-27-24(26)28-12-17/h1-4,11-12,15H,5-10,13-14H2,(H2,26,27,28). The van der Waals surface area contributed by atoms with Crippen LogP contribution in [0.3, 0.4) is 0 Å². The van der Waals surface area contributed by atoms with Crippen molar-refractivity contribution < 1.29 is 9.13 Å². The van der Waals surface area contributed by atoms with Crippen molar-refractivity contribution in [2.75, 3.05) is 43.5 Å². The molecule has 2 N–H and O–H groups in total. The van der Waals surface area contributed by atoms with Crippen LogP contribution >= 0.6 is 0 Å². The van der Waals surface area contributed by atoms with E-state index in [0.29, 0.717) is 13.2 Å². The number of benzene rings is 1. The third-order valence-corrected chi connectivity index (χ3v) is 6.41. The molecule has 6 rings (SSSR count). The van der Waals surface area contributed by atoms with E-state index in [1.807, 2.05) is 18.3 Å². The van der Waals surface area contributed by atoms with Gasteiger partial charge in [-0.15, -0.1) is 0 Å². The fourth-order valence-electron chi connectivity index (χ4n) is 4.65. The number of imidazole rings is 1. The smallest absolute Gasteiger partial charge is 0.219 e. The molecule has 1 saturated heterocycles. The first-order valence-electron chi connectivity index (χ1n) is 11.4. The number of hydrogen-bond donors (Lipinski definition) is 1. The topological polar surface area (TPSA) is 97.7 Å². The molecule has 0 atom stereocenters. The van der Waals surface area contributed by atoms with Crippen LogP contribution in [0.15, 0.2) is 42.9 Å². The van der Waals surface area contributed by atoms with E-state index in [-0.39, 0.29) is 11.8 Å². The molecule has 174 valence electrons. The zero-order chi connectivity index (χ0) is 23.1. The molecule has 0 unspecified atom stereocenters. The molecular formula is C24H25FN8O. The Hall–Kier alpha value is -3.63. The van der Waals surface area contributed by atoms with E-state index in [2.05, 4.69) is 24.2 Å². The Labute approximate surface area is 196 Å². The normalized spacial score (nSPS) is 16.7. The number of nitrogens with two attached hydrogens (primary N) is 1. The quantitative estimate of drug-likeness (QED) is 0.496. The summed E-state index contributed by atoms with van der Waals surface area (Å²) in [6.07, 6.45) is 6.29. The van der Waals surface area contributed by atoms with Gasteiger partial charge >= 0.3 is 0 Å². The molecule has 0 amide bonds. The molecule has 0 bridgehead atoms. The molecule has 34 heavy (non-hydrogen) atoms. The molecule has 3 aromatic heterocycles. The number of halogens is 1. The molecule has 0 radical (unpaired) electrons. The van der Waals surface area contributed by atoms with Crippen LogP contribution < -0.4 is 10.6 Å². The number of hydrogen-bond acceptors (Lipinski definition) is 8. The maximum absolute atomic E-state index is 13.3. The van der Waals surface area contributed by atoms with Gasteiger partial charge in [-0.05, 0) is 17.7 Å². The molecule has 10 heteroatoms. The van der Waals surface area contributed by atoms with Gasteiger partial charge in [0.15, 0.2) is 11.5 Å². The first-order valence-corrected chi connectivity index (χ1v) is 11.4. The molecule has 2 aliphatic heterocycles. The van der Waals surface area contributed by atoms with E-state index in [4.69, 9.17) is 20.4 Å². The summed E-state index contributed by atoms with van der Waals surface area (Å²) in [5.41, 5.74) is 11.5. The predicted octanol–water partition coefficient (Wildman–Crippen LogP) is 2.30. The number of aromatic nitrogens is 5. The second-order valence-electron chi connectivity index (χ2n) is 8.67. The van der Waals surface area contributed by atoms with Crippen molar-refractivity contribution in [3.63, 3.8) is 0 Å². The van der Waals surface area contributed by atoms with Crippen LogP contribution in [0, 0.1) is 5.82 Å². The molecule has 5 heterocycles. The summed E-state index contributed by atoms with van der Waals surface area (Å²) >= 11 is 0. The molecule has 0 saturated carbocycles. The van der Waals surface area contributed by atoms with Crippen LogP contribution in [0.1, 0.15) is 17.0 Å². The van der Waals surface area contributed by atoms with Gasteiger partial charge in [-0.25, -0.2) is 24.3 Å². The highest BCUT2D eigenvalue weighted by atomic mass is 19.1. The summed E-state index contributed by atoms with van der Waals surface area (Å²) in [4.78, 5) is 22.9. The Bertz CT molecular complexity index is 1320. The Kier molecular flexibility index (Phi) is 5.31. The van der Waals surface area contributed by atoms with Crippen LogP contribution in [0.2, 0.25) is 0 Å². The van der Waals surface area contributed by atoms with Crippen LogP contribution in [-0.2, 0) is 24.2 Å². The van der Waals surface area contributed by atoms with Gasteiger partial charge in [0.25, 0.3) is 0 Å². The zero-order valence-electron chi connectivity index (χ0n) is 18.7. The van der Waals surface area contributed by atoms with Gasteiger partial charge in [0.05, 0.1) is 24.6 Å². The minimum atomic E-state index is -0.213. The van der Waals surface area contributed by atoms with Crippen LogP contribution in [0.4, 0.5) is 16.2 Å². The Morgan fingerprint density at radius 2 is 1.76 bits per heavy atom. The van der Waals surface area contributed by atoms with E-state index < -0.39 is 0 Å². The number of ether oxygens (including phenoxy) is 1. The van der Waals surface area contributed by atoms with Gasteiger partial charge in [-0.2, -0.15) is 0 Å². The molecule has 2 aliphatic rings. The molecule has 9 nitrogen and oxygen atoms in total. The van der Waals surface area contributed by atoms with Gasteiger partial charge in [-0.3, -0.25) is 9.30 Å². The number of rotatable bonds is 4. The van der Waals surface area contributed by atoms with Crippen molar-refractivity contribution >= 4 is 17.4 Å². The van der Waals surface area contributed by atoms with Crippen LogP contribution in [0.5, 0.6) is 0 Å². The number of nitrogens with zero attached hydrogens (tertiary/aromatic N) is 7. The molecule has 1 aromatic carbocycles. The van der Waals surface area contributed by atoms with Gasteiger partial charge in [0.2, 0.25) is 5.95 Å². The number of nitrogen functional groups attached to an aromatic ring is 1. The summed E-state index contributed by atoms with van der Waals surface area (Å²) in [7, 11) is 0. The molecular weight excluding hydrogens is 435 g/mol. The van der Waals surface area contributed by atoms with E-state index in [9.17, 15) is 4.39 Å². The Morgan fingerprint density at radius 1 is 1.00 bits per heavy atom. The Morgan fingerprint density at radius 3 is 2.53 bits per heavy atom.